The van der Waals surface area contributed by atoms with Crippen LogP contribution in [-0.2, 0) is 12.3 Å². The fourth-order valence-corrected chi connectivity index (χ4v) is 2.63. The number of aryl methyl sites for hydroxylation is 2. The number of hydrogen-bond donors (Lipinski definition) is 0. The Bertz CT molecular complexity index is 547. The van der Waals surface area contributed by atoms with Crippen LogP contribution in [0.3, 0.4) is 0 Å². The maximum absolute atomic E-state index is 6.37. The molecule has 4 heteroatoms. The summed E-state index contributed by atoms with van der Waals surface area (Å²) in [6.45, 7) is 4.17. The van der Waals surface area contributed by atoms with E-state index in [1.807, 2.05) is 12.1 Å². The lowest BCUT2D eigenvalue weighted by Crippen LogP contribution is -1.97. The number of aromatic nitrogens is 2. The molecule has 1 aromatic heterocycles. The van der Waals surface area contributed by atoms with Gasteiger partial charge in [0.25, 0.3) is 0 Å². The number of benzene rings is 1. The van der Waals surface area contributed by atoms with Gasteiger partial charge in [-0.05, 0) is 31.0 Å². The third-order valence-electron chi connectivity index (χ3n) is 2.87. The second kappa shape index (κ2) is 5.77. The van der Waals surface area contributed by atoms with Crippen LogP contribution in [0.1, 0.15) is 30.2 Å². The van der Waals surface area contributed by atoms with E-state index in [1.54, 1.807) is 4.68 Å². The molecule has 1 aromatic carbocycles. The summed E-state index contributed by atoms with van der Waals surface area (Å²) in [5, 5.41) is 5.21. The Kier molecular flexibility index (Phi) is 4.31. The van der Waals surface area contributed by atoms with Crippen molar-refractivity contribution in [3.63, 3.8) is 0 Å². The van der Waals surface area contributed by atoms with Crippen LogP contribution in [0.5, 0.6) is 0 Å². The summed E-state index contributed by atoms with van der Waals surface area (Å²) < 4.78 is 1.78. The lowest BCUT2D eigenvalue weighted by Gasteiger charge is -2.04. The fourth-order valence-electron chi connectivity index (χ4n) is 1.97. The van der Waals surface area contributed by atoms with Crippen molar-refractivity contribution in [3.05, 3.63) is 46.2 Å². The van der Waals surface area contributed by atoms with E-state index in [9.17, 15) is 0 Å². The summed E-state index contributed by atoms with van der Waals surface area (Å²) in [7, 11) is 0. The standard InChI is InChI=1S/C14H16Cl2N2/c1-3-5-13-12(9-15)14(16)18(17-13)11-7-4-6-10(2)8-11/h4,6-8H,3,5,9H2,1-2H3. The van der Waals surface area contributed by atoms with Crippen molar-refractivity contribution >= 4 is 23.2 Å². The molecule has 0 aliphatic heterocycles. The van der Waals surface area contributed by atoms with Gasteiger partial charge < -0.3 is 0 Å². The van der Waals surface area contributed by atoms with Gasteiger partial charge in [-0.25, -0.2) is 4.68 Å². The first-order chi connectivity index (χ1) is 8.67. The normalized spacial score (nSPS) is 10.9. The summed E-state index contributed by atoms with van der Waals surface area (Å²) in [6, 6.07) is 8.12. The Morgan fingerprint density at radius 2 is 2.11 bits per heavy atom. The summed E-state index contributed by atoms with van der Waals surface area (Å²) in [5.41, 5.74) is 4.11. The van der Waals surface area contributed by atoms with Crippen molar-refractivity contribution in [1.29, 1.82) is 0 Å². The molecule has 0 bridgehead atoms. The SMILES string of the molecule is CCCc1nn(-c2cccc(C)c2)c(Cl)c1CCl. The van der Waals surface area contributed by atoms with Crippen LogP contribution in [-0.4, -0.2) is 9.78 Å². The predicted molar refractivity (Wildman–Crippen MR) is 76.9 cm³/mol. The maximum atomic E-state index is 6.37. The van der Waals surface area contributed by atoms with E-state index in [2.05, 4.69) is 31.1 Å². The third kappa shape index (κ3) is 2.55. The van der Waals surface area contributed by atoms with E-state index in [-0.39, 0.29) is 0 Å². The minimum absolute atomic E-state index is 0.403. The third-order valence-corrected chi connectivity index (χ3v) is 3.53. The quantitative estimate of drug-likeness (QED) is 0.754. The minimum atomic E-state index is 0.403. The molecule has 0 aliphatic carbocycles. The summed E-state index contributed by atoms with van der Waals surface area (Å²) in [5.74, 6) is 0.403. The lowest BCUT2D eigenvalue weighted by molar-refractivity contribution is 0.805. The van der Waals surface area contributed by atoms with E-state index in [0.29, 0.717) is 11.0 Å². The molecule has 0 N–H and O–H groups in total. The zero-order valence-corrected chi connectivity index (χ0v) is 12.1. The van der Waals surface area contributed by atoms with E-state index < -0.39 is 0 Å². The van der Waals surface area contributed by atoms with Crippen molar-refractivity contribution < 1.29 is 0 Å². The molecule has 96 valence electrons. The van der Waals surface area contributed by atoms with E-state index in [0.717, 1.165) is 29.8 Å². The van der Waals surface area contributed by atoms with Crippen LogP contribution < -0.4 is 0 Å². The van der Waals surface area contributed by atoms with Gasteiger partial charge in [0.2, 0.25) is 0 Å². The number of alkyl halides is 1. The first-order valence-electron chi connectivity index (χ1n) is 6.06. The van der Waals surface area contributed by atoms with E-state index in [4.69, 9.17) is 23.2 Å². The number of halogens is 2. The van der Waals surface area contributed by atoms with Crippen molar-refractivity contribution in [2.75, 3.05) is 0 Å². The van der Waals surface area contributed by atoms with Crippen LogP contribution in [0.15, 0.2) is 24.3 Å². The molecule has 1 heterocycles. The van der Waals surface area contributed by atoms with Crippen LogP contribution in [0.25, 0.3) is 5.69 Å². The second-order valence-corrected chi connectivity index (χ2v) is 4.98. The molecule has 0 amide bonds. The number of nitrogens with zero attached hydrogens (tertiary/aromatic N) is 2. The Morgan fingerprint density at radius 3 is 2.72 bits per heavy atom. The molecule has 2 rings (SSSR count). The molecule has 0 radical (unpaired) electrons. The average molecular weight is 283 g/mol. The Morgan fingerprint density at radius 1 is 1.33 bits per heavy atom. The Balaban J connectivity index is 2.51. The summed E-state index contributed by atoms with van der Waals surface area (Å²) in [4.78, 5) is 0. The number of rotatable bonds is 4. The first kappa shape index (κ1) is 13.4. The zero-order chi connectivity index (χ0) is 13.1. The fraction of sp³-hybridized carbons (Fsp3) is 0.357. The van der Waals surface area contributed by atoms with Gasteiger partial charge in [0.15, 0.2) is 0 Å². The van der Waals surface area contributed by atoms with Gasteiger partial charge >= 0.3 is 0 Å². The minimum Gasteiger partial charge on any atom is -0.222 e. The lowest BCUT2D eigenvalue weighted by atomic mass is 10.2. The van der Waals surface area contributed by atoms with E-state index >= 15 is 0 Å². The maximum Gasteiger partial charge on any atom is 0.137 e. The molecule has 0 unspecified atom stereocenters. The molecule has 0 atom stereocenters. The van der Waals surface area contributed by atoms with Crippen LogP contribution in [0.4, 0.5) is 0 Å². The smallest absolute Gasteiger partial charge is 0.137 e. The van der Waals surface area contributed by atoms with Crippen molar-refractivity contribution in [2.45, 2.75) is 32.6 Å². The van der Waals surface area contributed by atoms with Crippen LogP contribution >= 0.6 is 23.2 Å². The van der Waals surface area contributed by atoms with Gasteiger partial charge in [0.05, 0.1) is 17.3 Å². The molecular formula is C14H16Cl2N2. The molecule has 0 fully saturated rings. The molecule has 0 aliphatic rings. The molecule has 0 spiro atoms. The zero-order valence-electron chi connectivity index (χ0n) is 10.6. The topological polar surface area (TPSA) is 17.8 Å². The highest BCUT2D eigenvalue weighted by atomic mass is 35.5. The molecule has 0 saturated carbocycles. The van der Waals surface area contributed by atoms with Gasteiger partial charge in [-0.3, -0.25) is 0 Å². The second-order valence-electron chi connectivity index (χ2n) is 4.35. The Hall–Kier alpha value is -0.990. The van der Waals surface area contributed by atoms with Crippen molar-refractivity contribution in [3.8, 4) is 5.69 Å². The van der Waals surface area contributed by atoms with Gasteiger partial charge in [0, 0.05) is 5.56 Å². The average Bonchev–Trinajstić information content (AvgIpc) is 2.66. The van der Waals surface area contributed by atoms with E-state index in [1.165, 1.54) is 5.56 Å². The molecule has 2 aromatic rings. The highest BCUT2D eigenvalue weighted by Gasteiger charge is 2.15. The van der Waals surface area contributed by atoms with Crippen LogP contribution in [0.2, 0.25) is 5.15 Å². The highest BCUT2D eigenvalue weighted by molar-refractivity contribution is 6.31. The summed E-state index contributed by atoms with van der Waals surface area (Å²) in [6.07, 6.45) is 1.94. The monoisotopic (exact) mass is 282 g/mol. The first-order valence-corrected chi connectivity index (χ1v) is 6.98. The highest BCUT2D eigenvalue weighted by Crippen LogP contribution is 2.26. The predicted octanol–water partition coefficient (Wildman–Crippen LogP) is 4.53. The Labute approximate surface area is 118 Å². The molecule has 18 heavy (non-hydrogen) atoms. The number of hydrogen-bond acceptors (Lipinski definition) is 1. The summed E-state index contributed by atoms with van der Waals surface area (Å²) >= 11 is 12.3. The van der Waals surface area contributed by atoms with Crippen LogP contribution in [0, 0.1) is 6.92 Å². The van der Waals surface area contributed by atoms with Crippen molar-refractivity contribution in [2.24, 2.45) is 0 Å². The van der Waals surface area contributed by atoms with Gasteiger partial charge in [-0.15, -0.1) is 11.6 Å². The van der Waals surface area contributed by atoms with Gasteiger partial charge in [-0.2, -0.15) is 5.10 Å². The molecule has 0 saturated heterocycles. The largest absolute Gasteiger partial charge is 0.222 e. The van der Waals surface area contributed by atoms with Gasteiger partial charge in [-0.1, -0.05) is 37.1 Å². The molecular weight excluding hydrogens is 267 g/mol. The van der Waals surface area contributed by atoms with Crippen molar-refractivity contribution in [1.82, 2.24) is 9.78 Å². The van der Waals surface area contributed by atoms with Gasteiger partial charge in [0.1, 0.15) is 5.15 Å². The molecule has 2 nitrogen and oxygen atoms in total.